The van der Waals surface area contributed by atoms with Gasteiger partial charge in [-0.1, -0.05) is 43.1 Å². The SMILES string of the molecule is CC(C)[C@H](C(=O)OCC(=O)Nc1cccc(Cl)c1Cl)N1C(=O)c2c(Br)c(Br)c(Br)c(Br)c2C1=O. The van der Waals surface area contributed by atoms with Gasteiger partial charge in [0.25, 0.3) is 17.7 Å². The summed E-state index contributed by atoms with van der Waals surface area (Å²) >= 11 is 25.4. The molecule has 3 rings (SSSR count). The summed E-state index contributed by atoms with van der Waals surface area (Å²) in [4.78, 5) is 52.6. The van der Waals surface area contributed by atoms with Crippen LogP contribution in [0.5, 0.6) is 0 Å². The summed E-state index contributed by atoms with van der Waals surface area (Å²) in [6.07, 6.45) is 0. The minimum absolute atomic E-state index is 0.110. The van der Waals surface area contributed by atoms with Crippen LogP contribution in [0.2, 0.25) is 10.0 Å². The van der Waals surface area contributed by atoms with Gasteiger partial charge in [-0.25, -0.2) is 4.79 Å². The molecule has 2 aromatic carbocycles. The quantitative estimate of drug-likeness (QED) is 0.151. The van der Waals surface area contributed by atoms with Gasteiger partial charge in [0, 0.05) is 17.9 Å². The van der Waals surface area contributed by atoms with Crippen molar-refractivity contribution in [1.29, 1.82) is 0 Å². The van der Waals surface area contributed by atoms with E-state index in [1.807, 2.05) is 0 Å². The predicted molar refractivity (Wildman–Crippen MR) is 142 cm³/mol. The molecule has 0 radical (unpaired) electrons. The highest BCUT2D eigenvalue weighted by Gasteiger charge is 2.47. The minimum atomic E-state index is -1.26. The van der Waals surface area contributed by atoms with Crippen molar-refractivity contribution in [2.45, 2.75) is 19.9 Å². The Morgan fingerprint density at radius 2 is 1.50 bits per heavy atom. The van der Waals surface area contributed by atoms with E-state index in [4.69, 9.17) is 27.9 Å². The number of fused-ring (bicyclic) bond motifs is 1. The zero-order chi connectivity index (χ0) is 25.5. The molecule has 1 N–H and O–H groups in total. The molecule has 34 heavy (non-hydrogen) atoms. The Balaban J connectivity index is 1.81. The van der Waals surface area contributed by atoms with E-state index in [2.05, 4.69) is 69.0 Å². The van der Waals surface area contributed by atoms with Gasteiger partial charge in [-0.05, 0) is 81.8 Å². The average molecular weight is 765 g/mol. The topological polar surface area (TPSA) is 92.8 Å². The fourth-order valence-electron chi connectivity index (χ4n) is 3.30. The molecule has 0 unspecified atom stereocenters. The van der Waals surface area contributed by atoms with E-state index < -0.39 is 42.3 Å². The molecule has 0 saturated carbocycles. The van der Waals surface area contributed by atoms with Gasteiger partial charge in [-0.2, -0.15) is 0 Å². The van der Waals surface area contributed by atoms with Crippen molar-refractivity contribution in [3.8, 4) is 0 Å². The van der Waals surface area contributed by atoms with E-state index in [9.17, 15) is 19.2 Å². The lowest BCUT2D eigenvalue weighted by molar-refractivity contribution is -0.152. The second-order valence-electron chi connectivity index (χ2n) is 7.43. The highest BCUT2D eigenvalue weighted by atomic mass is 79.9. The van der Waals surface area contributed by atoms with Gasteiger partial charge in [0.15, 0.2) is 6.61 Å². The van der Waals surface area contributed by atoms with E-state index in [1.54, 1.807) is 26.0 Å². The van der Waals surface area contributed by atoms with Crippen molar-refractivity contribution < 1.29 is 23.9 Å². The first-order chi connectivity index (χ1) is 15.9. The Kier molecular flexibility index (Phi) is 8.90. The van der Waals surface area contributed by atoms with Gasteiger partial charge in [0.2, 0.25) is 0 Å². The first-order valence-electron chi connectivity index (χ1n) is 9.52. The maximum absolute atomic E-state index is 13.2. The standard InChI is InChI=1S/C21H14Br4Cl2N2O5/c1-7(2)18(21(33)34-6-10(30)28-9-5-3-4-8(26)17(9)27)29-19(31)11-12(20(29)32)14(23)16(25)15(24)13(11)22/h3-5,7,18H,6H2,1-2H3,(H,28,30)/t18-/m1/s1. The number of hydrogen-bond acceptors (Lipinski definition) is 5. The van der Waals surface area contributed by atoms with Crippen LogP contribution in [0.3, 0.4) is 0 Å². The van der Waals surface area contributed by atoms with Crippen LogP contribution in [0.4, 0.5) is 5.69 Å². The number of anilines is 1. The molecule has 7 nitrogen and oxygen atoms in total. The summed E-state index contributed by atoms with van der Waals surface area (Å²) in [5.41, 5.74) is 0.472. The van der Waals surface area contributed by atoms with E-state index in [1.165, 1.54) is 6.07 Å². The van der Waals surface area contributed by atoms with Crippen LogP contribution in [0.1, 0.15) is 34.6 Å². The molecule has 1 heterocycles. The third-order valence-corrected chi connectivity index (χ3v) is 10.4. The molecule has 0 spiro atoms. The summed E-state index contributed by atoms with van der Waals surface area (Å²) in [6.45, 7) is 2.67. The Bertz CT molecular complexity index is 1190. The molecule has 0 aromatic heterocycles. The normalized spacial score (nSPS) is 13.9. The first-order valence-corrected chi connectivity index (χ1v) is 13.5. The number of esters is 1. The van der Waals surface area contributed by atoms with Crippen LogP contribution in [0.25, 0.3) is 0 Å². The molecule has 3 amide bonds. The van der Waals surface area contributed by atoms with Gasteiger partial charge in [-0.3, -0.25) is 19.3 Å². The fraction of sp³-hybridized carbons (Fsp3) is 0.238. The molecular weight excluding hydrogens is 751 g/mol. The number of nitrogens with one attached hydrogen (secondary N) is 1. The Morgan fingerprint density at radius 3 is 2.00 bits per heavy atom. The molecule has 1 aliphatic heterocycles. The Labute approximate surface area is 238 Å². The molecule has 0 bridgehead atoms. The summed E-state index contributed by atoms with van der Waals surface area (Å²) in [5, 5.41) is 2.89. The van der Waals surface area contributed by atoms with Crippen LogP contribution in [-0.2, 0) is 14.3 Å². The molecule has 1 aliphatic rings. The number of benzene rings is 2. The second-order valence-corrected chi connectivity index (χ2v) is 11.4. The monoisotopic (exact) mass is 760 g/mol. The molecule has 180 valence electrons. The number of rotatable bonds is 6. The Morgan fingerprint density at radius 1 is 0.971 bits per heavy atom. The van der Waals surface area contributed by atoms with Crippen LogP contribution >= 0.6 is 86.9 Å². The van der Waals surface area contributed by atoms with Crippen LogP contribution in [0.15, 0.2) is 36.1 Å². The molecular formula is C21H14Br4Cl2N2O5. The van der Waals surface area contributed by atoms with Gasteiger partial charge in [-0.15, -0.1) is 0 Å². The number of carbonyl (C=O) groups excluding carboxylic acids is 4. The van der Waals surface area contributed by atoms with Gasteiger partial charge >= 0.3 is 5.97 Å². The van der Waals surface area contributed by atoms with E-state index >= 15 is 0 Å². The number of ether oxygens (including phenoxy) is 1. The van der Waals surface area contributed by atoms with Crippen molar-refractivity contribution in [3.05, 3.63) is 57.3 Å². The van der Waals surface area contributed by atoms with Crippen molar-refractivity contribution in [3.63, 3.8) is 0 Å². The van der Waals surface area contributed by atoms with Crippen molar-refractivity contribution in [2.24, 2.45) is 5.92 Å². The molecule has 0 fully saturated rings. The van der Waals surface area contributed by atoms with E-state index in [0.29, 0.717) is 17.9 Å². The molecule has 1 atom stereocenters. The van der Waals surface area contributed by atoms with Crippen molar-refractivity contribution in [1.82, 2.24) is 4.90 Å². The molecule has 13 heteroatoms. The first kappa shape index (κ1) is 27.6. The summed E-state index contributed by atoms with van der Waals surface area (Å²) < 4.78 is 6.96. The third kappa shape index (κ3) is 5.10. The zero-order valence-corrected chi connectivity index (χ0v) is 25.2. The number of nitrogens with zero attached hydrogens (tertiary/aromatic N) is 1. The summed E-state index contributed by atoms with van der Waals surface area (Å²) in [6, 6.07) is 3.43. The number of carbonyl (C=O) groups is 4. The lowest BCUT2D eigenvalue weighted by Crippen LogP contribution is -2.49. The van der Waals surface area contributed by atoms with Crippen LogP contribution in [-0.4, -0.2) is 41.2 Å². The lowest BCUT2D eigenvalue weighted by Gasteiger charge is -2.27. The second kappa shape index (κ2) is 11.0. The third-order valence-electron chi connectivity index (χ3n) is 4.85. The number of hydrogen-bond donors (Lipinski definition) is 1. The lowest BCUT2D eigenvalue weighted by atomic mass is 10.0. The highest BCUT2D eigenvalue weighted by Crippen LogP contribution is 2.46. The van der Waals surface area contributed by atoms with E-state index in [0.717, 1.165) is 4.90 Å². The highest BCUT2D eigenvalue weighted by molar-refractivity contribution is 9.15. The smallest absolute Gasteiger partial charge is 0.330 e. The van der Waals surface area contributed by atoms with E-state index in [-0.39, 0.29) is 26.9 Å². The van der Waals surface area contributed by atoms with Crippen molar-refractivity contribution >= 4 is 116 Å². The maximum Gasteiger partial charge on any atom is 0.330 e. The summed E-state index contributed by atoms with van der Waals surface area (Å²) in [7, 11) is 0. The molecule has 0 aliphatic carbocycles. The fourth-order valence-corrected chi connectivity index (χ4v) is 6.11. The average Bonchev–Trinajstić information content (AvgIpc) is 3.03. The van der Waals surface area contributed by atoms with Gasteiger partial charge < -0.3 is 10.1 Å². The predicted octanol–water partition coefficient (Wildman–Crippen LogP) is 6.85. The summed E-state index contributed by atoms with van der Waals surface area (Å²) in [5.74, 6) is -3.38. The molecule has 2 aromatic rings. The van der Waals surface area contributed by atoms with Gasteiger partial charge in [0.05, 0.1) is 26.9 Å². The van der Waals surface area contributed by atoms with Crippen LogP contribution < -0.4 is 5.32 Å². The zero-order valence-electron chi connectivity index (χ0n) is 17.4. The maximum atomic E-state index is 13.2. The van der Waals surface area contributed by atoms with Crippen LogP contribution in [0, 0.1) is 5.92 Å². The number of halogens is 6. The molecule has 0 saturated heterocycles. The van der Waals surface area contributed by atoms with Gasteiger partial charge in [0.1, 0.15) is 6.04 Å². The number of amides is 3. The van der Waals surface area contributed by atoms with Crippen molar-refractivity contribution in [2.75, 3.05) is 11.9 Å². The Hall–Kier alpha value is -0.980. The largest absolute Gasteiger partial charge is 0.454 e. The number of imide groups is 1. The minimum Gasteiger partial charge on any atom is -0.454 e.